The zero-order chi connectivity index (χ0) is 13.9. The van der Waals surface area contributed by atoms with E-state index in [2.05, 4.69) is 15.6 Å². The smallest absolute Gasteiger partial charge is 0.239 e. The van der Waals surface area contributed by atoms with Gasteiger partial charge in [-0.25, -0.2) is 4.98 Å². The average molecular weight is 271 g/mol. The van der Waals surface area contributed by atoms with Gasteiger partial charge in [0.25, 0.3) is 0 Å². The molecule has 0 atom stereocenters. The van der Waals surface area contributed by atoms with Crippen LogP contribution in [-0.2, 0) is 4.79 Å². The summed E-state index contributed by atoms with van der Waals surface area (Å²) in [5.41, 5.74) is 0. The molecule has 0 radical (unpaired) electrons. The standard InChI is InChI=1S/C15H17N3O2/c1-20-12-4-5-13-10(8-12)6-7-16-15(13)17-9-14(19)18-11-2-3-11/h4-8,11H,2-3,9H2,1H3,(H,16,17)(H,18,19). The van der Waals surface area contributed by atoms with Gasteiger partial charge in [-0.1, -0.05) is 0 Å². The third-order valence-electron chi connectivity index (χ3n) is 3.33. The number of benzene rings is 1. The highest BCUT2D eigenvalue weighted by molar-refractivity contribution is 5.94. The van der Waals surface area contributed by atoms with Gasteiger partial charge < -0.3 is 15.4 Å². The third-order valence-corrected chi connectivity index (χ3v) is 3.33. The lowest BCUT2D eigenvalue weighted by Crippen LogP contribution is -2.31. The second kappa shape index (κ2) is 5.36. The largest absolute Gasteiger partial charge is 0.497 e. The van der Waals surface area contributed by atoms with E-state index < -0.39 is 0 Å². The number of amides is 1. The second-order valence-electron chi connectivity index (χ2n) is 4.94. The molecule has 0 bridgehead atoms. The highest BCUT2D eigenvalue weighted by atomic mass is 16.5. The zero-order valence-corrected chi connectivity index (χ0v) is 11.3. The van der Waals surface area contributed by atoms with Gasteiger partial charge >= 0.3 is 0 Å². The number of ether oxygens (including phenoxy) is 1. The van der Waals surface area contributed by atoms with Crippen LogP contribution in [0.5, 0.6) is 5.75 Å². The summed E-state index contributed by atoms with van der Waals surface area (Å²) in [5, 5.41) is 8.05. The van der Waals surface area contributed by atoms with Crippen molar-refractivity contribution in [2.24, 2.45) is 0 Å². The topological polar surface area (TPSA) is 63.2 Å². The summed E-state index contributed by atoms with van der Waals surface area (Å²) in [5.74, 6) is 1.54. The van der Waals surface area contributed by atoms with Gasteiger partial charge in [0.1, 0.15) is 11.6 Å². The van der Waals surface area contributed by atoms with Gasteiger partial charge in [0.2, 0.25) is 5.91 Å². The lowest BCUT2D eigenvalue weighted by atomic mass is 10.1. The maximum Gasteiger partial charge on any atom is 0.239 e. The van der Waals surface area contributed by atoms with Crippen molar-refractivity contribution in [3.8, 4) is 5.75 Å². The van der Waals surface area contributed by atoms with Crippen LogP contribution in [0.1, 0.15) is 12.8 Å². The summed E-state index contributed by atoms with van der Waals surface area (Å²) in [6, 6.07) is 8.09. The van der Waals surface area contributed by atoms with Crippen molar-refractivity contribution in [3.05, 3.63) is 30.5 Å². The Bertz CT molecular complexity index is 638. The van der Waals surface area contributed by atoms with E-state index in [0.29, 0.717) is 6.04 Å². The van der Waals surface area contributed by atoms with E-state index in [1.54, 1.807) is 13.3 Å². The molecular weight excluding hydrogens is 254 g/mol. The van der Waals surface area contributed by atoms with Crippen LogP contribution in [0.25, 0.3) is 10.8 Å². The number of anilines is 1. The van der Waals surface area contributed by atoms with E-state index in [-0.39, 0.29) is 12.5 Å². The van der Waals surface area contributed by atoms with E-state index in [4.69, 9.17) is 4.74 Å². The van der Waals surface area contributed by atoms with Crippen LogP contribution < -0.4 is 15.4 Å². The monoisotopic (exact) mass is 271 g/mol. The van der Waals surface area contributed by atoms with Crippen molar-refractivity contribution in [1.29, 1.82) is 0 Å². The normalized spacial score (nSPS) is 14.1. The Balaban J connectivity index is 1.74. The number of carbonyl (C=O) groups is 1. The predicted molar refractivity (Wildman–Crippen MR) is 77.9 cm³/mol. The first-order chi connectivity index (χ1) is 9.76. The molecule has 1 aromatic carbocycles. The molecule has 2 N–H and O–H groups in total. The van der Waals surface area contributed by atoms with Crippen molar-refractivity contribution >= 4 is 22.5 Å². The maximum atomic E-state index is 11.7. The van der Waals surface area contributed by atoms with Crippen molar-refractivity contribution in [1.82, 2.24) is 10.3 Å². The third kappa shape index (κ3) is 2.82. The van der Waals surface area contributed by atoms with Crippen LogP contribution in [0.2, 0.25) is 0 Å². The van der Waals surface area contributed by atoms with Crippen LogP contribution in [0.4, 0.5) is 5.82 Å². The number of nitrogens with zero attached hydrogens (tertiary/aromatic N) is 1. The summed E-state index contributed by atoms with van der Waals surface area (Å²) in [6.07, 6.45) is 3.92. The second-order valence-corrected chi connectivity index (χ2v) is 4.94. The fraction of sp³-hybridized carbons (Fsp3) is 0.333. The summed E-state index contributed by atoms with van der Waals surface area (Å²) < 4.78 is 5.21. The van der Waals surface area contributed by atoms with Crippen molar-refractivity contribution < 1.29 is 9.53 Å². The number of rotatable bonds is 5. The summed E-state index contributed by atoms with van der Waals surface area (Å²) in [6.45, 7) is 0.245. The Morgan fingerprint density at radius 1 is 1.40 bits per heavy atom. The molecule has 0 spiro atoms. The number of pyridine rings is 1. The molecule has 0 saturated heterocycles. The minimum Gasteiger partial charge on any atom is -0.497 e. The number of aromatic nitrogens is 1. The predicted octanol–water partition coefficient (Wildman–Crippen LogP) is 1.93. The quantitative estimate of drug-likeness (QED) is 0.872. The Morgan fingerprint density at radius 3 is 3.00 bits per heavy atom. The maximum absolute atomic E-state index is 11.7. The number of methoxy groups -OCH3 is 1. The van der Waals surface area contributed by atoms with Crippen molar-refractivity contribution in [2.75, 3.05) is 19.0 Å². The molecule has 0 unspecified atom stereocenters. The number of hydrogen-bond donors (Lipinski definition) is 2. The van der Waals surface area contributed by atoms with Crippen LogP contribution in [-0.4, -0.2) is 30.6 Å². The molecule has 1 aliphatic carbocycles. The molecule has 1 aliphatic rings. The van der Waals surface area contributed by atoms with E-state index in [9.17, 15) is 4.79 Å². The Labute approximate surface area is 117 Å². The van der Waals surface area contributed by atoms with Crippen LogP contribution >= 0.6 is 0 Å². The van der Waals surface area contributed by atoms with Gasteiger partial charge in [-0.15, -0.1) is 0 Å². The molecule has 1 fully saturated rings. The zero-order valence-electron chi connectivity index (χ0n) is 11.3. The van der Waals surface area contributed by atoms with Gasteiger partial charge in [-0.2, -0.15) is 0 Å². The highest BCUT2D eigenvalue weighted by Gasteiger charge is 2.22. The number of carbonyl (C=O) groups excluding carboxylic acids is 1. The van der Waals surface area contributed by atoms with Crippen molar-refractivity contribution in [2.45, 2.75) is 18.9 Å². The molecule has 5 heteroatoms. The minimum atomic E-state index is 0.0137. The lowest BCUT2D eigenvalue weighted by molar-refractivity contribution is -0.119. The van der Waals surface area contributed by atoms with Crippen LogP contribution in [0.15, 0.2) is 30.5 Å². The molecule has 2 aromatic rings. The number of nitrogens with one attached hydrogen (secondary N) is 2. The van der Waals surface area contributed by atoms with Crippen LogP contribution in [0, 0.1) is 0 Å². The van der Waals surface area contributed by atoms with Gasteiger partial charge in [0.15, 0.2) is 0 Å². The van der Waals surface area contributed by atoms with E-state index in [1.165, 1.54) is 0 Å². The van der Waals surface area contributed by atoms with E-state index in [1.807, 2.05) is 24.3 Å². The van der Waals surface area contributed by atoms with Crippen LogP contribution in [0.3, 0.4) is 0 Å². The molecule has 3 rings (SSSR count). The van der Waals surface area contributed by atoms with E-state index >= 15 is 0 Å². The van der Waals surface area contributed by atoms with Crippen molar-refractivity contribution in [3.63, 3.8) is 0 Å². The molecule has 0 aliphatic heterocycles. The molecule has 20 heavy (non-hydrogen) atoms. The number of fused-ring (bicyclic) bond motifs is 1. The molecule has 1 aromatic heterocycles. The van der Waals surface area contributed by atoms with Gasteiger partial charge in [0, 0.05) is 17.6 Å². The molecule has 5 nitrogen and oxygen atoms in total. The minimum absolute atomic E-state index is 0.0137. The molecular formula is C15H17N3O2. The lowest BCUT2D eigenvalue weighted by Gasteiger charge is -2.09. The SMILES string of the molecule is COc1ccc2c(NCC(=O)NC3CC3)nccc2c1. The summed E-state index contributed by atoms with van der Waals surface area (Å²) in [4.78, 5) is 16.0. The molecule has 1 amide bonds. The summed E-state index contributed by atoms with van der Waals surface area (Å²) >= 11 is 0. The Morgan fingerprint density at radius 2 is 2.25 bits per heavy atom. The van der Waals surface area contributed by atoms with Gasteiger partial charge in [0.05, 0.1) is 13.7 Å². The summed E-state index contributed by atoms with van der Waals surface area (Å²) in [7, 11) is 1.64. The van der Waals surface area contributed by atoms with Gasteiger partial charge in [-0.3, -0.25) is 4.79 Å². The number of hydrogen-bond acceptors (Lipinski definition) is 4. The fourth-order valence-electron chi connectivity index (χ4n) is 2.09. The Hall–Kier alpha value is -2.30. The highest BCUT2D eigenvalue weighted by Crippen LogP contribution is 2.25. The van der Waals surface area contributed by atoms with E-state index in [0.717, 1.165) is 35.2 Å². The average Bonchev–Trinajstić information content (AvgIpc) is 3.28. The Kier molecular flexibility index (Phi) is 3.41. The molecule has 1 heterocycles. The first kappa shape index (κ1) is 12.7. The first-order valence-electron chi connectivity index (χ1n) is 6.72. The molecule has 104 valence electrons. The van der Waals surface area contributed by atoms with Gasteiger partial charge in [-0.05, 0) is 42.5 Å². The first-order valence-corrected chi connectivity index (χ1v) is 6.72. The fourth-order valence-corrected chi connectivity index (χ4v) is 2.09. The molecule has 1 saturated carbocycles.